The lowest BCUT2D eigenvalue weighted by Gasteiger charge is -2.21. The average molecular weight is 325 g/mol. The molecule has 2 amide bonds. The van der Waals surface area contributed by atoms with Crippen LogP contribution in [0.4, 0.5) is 10.5 Å². The lowest BCUT2D eigenvalue weighted by molar-refractivity contribution is -0.384. The van der Waals surface area contributed by atoms with Crippen LogP contribution in [0.1, 0.15) is 12.0 Å². The van der Waals surface area contributed by atoms with Crippen molar-refractivity contribution in [3.05, 3.63) is 39.9 Å². The van der Waals surface area contributed by atoms with Gasteiger partial charge in [0.1, 0.15) is 12.6 Å². The van der Waals surface area contributed by atoms with Gasteiger partial charge in [-0.05, 0) is 24.1 Å². The molecule has 22 heavy (non-hydrogen) atoms. The number of hydrogen-bond donors (Lipinski definition) is 2. The molecule has 0 radical (unpaired) electrons. The Kier molecular flexibility index (Phi) is 4.86. The maximum atomic E-state index is 12.0. The summed E-state index contributed by atoms with van der Waals surface area (Å²) in [6, 6.07) is 4.95. The molecule has 1 aliphatic heterocycles. The monoisotopic (exact) mass is 325 g/mol. The van der Waals surface area contributed by atoms with Gasteiger partial charge in [-0.1, -0.05) is 0 Å². The summed E-state index contributed by atoms with van der Waals surface area (Å²) in [6.07, 6.45) is -0.260. The molecule has 0 spiro atoms. The highest BCUT2D eigenvalue weighted by molar-refractivity contribution is 7.81. The number of amides is 2. The van der Waals surface area contributed by atoms with Crippen LogP contribution in [0.3, 0.4) is 0 Å². The van der Waals surface area contributed by atoms with E-state index in [1.54, 1.807) is 0 Å². The van der Waals surface area contributed by atoms with Crippen LogP contribution in [0, 0.1) is 10.1 Å². The maximum absolute atomic E-state index is 12.0. The zero-order valence-electron chi connectivity index (χ0n) is 11.5. The van der Waals surface area contributed by atoms with Crippen LogP contribution >= 0.6 is 12.6 Å². The summed E-state index contributed by atoms with van der Waals surface area (Å²) >= 11 is 4.25. The molecule has 1 aromatic carbocycles. The van der Waals surface area contributed by atoms with Crippen molar-refractivity contribution in [1.29, 1.82) is 0 Å². The first-order chi connectivity index (χ1) is 10.4. The topological polar surface area (TPSA) is 116 Å². The van der Waals surface area contributed by atoms with E-state index in [9.17, 15) is 19.7 Å². The Morgan fingerprint density at radius 1 is 1.41 bits per heavy atom. The molecule has 0 aliphatic carbocycles. The van der Waals surface area contributed by atoms with Crippen molar-refractivity contribution in [2.24, 2.45) is 5.73 Å². The lowest BCUT2D eigenvalue weighted by atomic mass is 10.2. The van der Waals surface area contributed by atoms with Gasteiger partial charge < -0.3 is 10.5 Å². The normalized spacial score (nSPS) is 20.7. The van der Waals surface area contributed by atoms with Gasteiger partial charge in [0.15, 0.2) is 0 Å². The Bertz CT molecular complexity index is 592. The molecule has 2 rings (SSSR count). The predicted octanol–water partition coefficient (Wildman–Crippen LogP) is 1.09. The summed E-state index contributed by atoms with van der Waals surface area (Å²) < 4.78 is 5.12. The van der Waals surface area contributed by atoms with Gasteiger partial charge in [0.05, 0.1) is 4.92 Å². The minimum Gasteiger partial charge on any atom is -0.445 e. The van der Waals surface area contributed by atoms with Crippen molar-refractivity contribution >= 4 is 30.3 Å². The molecule has 118 valence electrons. The molecule has 2 N–H and O–H groups in total. The van der Waals surface area contributed by atoms with E-state index in [0.717, 1.165) is 0 Å². The summed E-state index contributed by atoms with van der Waals surface area (Å²) in [4.78, 5) is 34.6. The van der Waals surface area contributed by atoms with Gasteiger partial charge in [-0.2, -0.15) is 12.6 Å². The molecule has 1 aliphatic rings. The molecule has 1 saturated heterocycles. The number of likely N-dealkylation sites (tertiary alicyclic amines) is 1. The summed E-state index contributed by atoms with van der Waals surface area (Å²) in [6.45, 7) is 0.242. The standard InChI is InChI=1S/C13H15N3O5S/c14-12(17)11-5-10(22)6-15(11)13(18)21-7-8-1-3-9(4-2-8)16(19)20/h1-4,10-11,22H,5-7H2,(H2,14,17)/t10-,11-/m0/s1. The Morgan fingerprint density at radius 2 is 2.05 bits per heavy atom. The van der Waals surface area contributed by atoms with E-state index in [-0.39, 0.29) is 24.1 Å². The van der Waals surface area contributed by atoms with Crippen molar-refractivity contribution in [1.82, 2.24) is 4.90 Å². The number of non-ortho nitro benzene ring substituents is 1. The number of nitro groups is 1. The minimum absolute atomic E-state index is 0.0404. The third kappa shape index (κ3) is 3.67. The predicted molar refractivity (Wildman–Crippen MR) is 80.4 cm³/mol. The van der Waals surface area contributed by atoms with Crippen molar-refractivity contribution in [2.45, 2.75) is 24.3 Å². The van der Waals surface area contributed by atoms with Crippen LogP contribution < -0.4 is 5.73 Å². The molecule has 1 heterocycles. The van der Waals surface area contributed by atoms with Crippen molar-refractivity contribution in [3.63, 3.8) is 0 Å². The first-order valence-electron chi connectivity index (χ1n) is 6.52. The maximum Gasteiger partial charge on any atom is 0.410 e. The Balaban J connectivity index is 1.94. The van der Waals surface area contributed by atoms with E-state index < -0.39 is 23.0 Å². The van der Waals surface area contributed by atoms with Gasteiger partial charge in [-0.15, -0.1) is 0 Å². The smallest absolute Gasteiger partial charge is 0.410 e. The van der Waals surface area contributed by atoms with Crippen molar-refractivity contribution in [3.8, 4) is 0 Å². The molecule has 0 bridgehead atoms. The number of ether oxygens (including phenoxy) is 1. The molecule has 1 fully saturated rings. The molecule has 9 heteroatoms. The van der Waals surface area contributed by atoms with Crippen molar-refractivity contribution < 1.29 is 19.2 Å². The van der Waals surface area contributed by atoms with Gasteiger partial charge >= 0.3 is 6.09 Å². The second-order valence-electron chi connectivity index (χ2n) is 4.94. The number of nitrogens with two attached hydrogens (primary N) is 1. The number of nitro benzene ring substituents is 1. The number of nitrogens with zero attached hydrogens (tertiary/aromatic N) is 2. The number of primary amides is 1. The number of carbonyl (C=O) groups excluding carboxylic acids is 2. The molecular weight excluding hydrogens is 310 g/mol. The fraction of sp³-hybridized carbons (Fsp3) is 0.385. The summed E-state index contributed by atoms with van der Waals surface area (Å²) in [7, 11) is 0. The number of benzene rings is 1. The van der Waals surface area contributed by atoms with Gasteiger partial charge in [0.25, 0.3) is 5.69 Å². The second-order valence-corrected chi connectivity index (χ2v) is 5.67. The van der Waals surface area contributed by atoms with Gasteiger partial charge in [-0.3, -0.25) is 19.8 Å². The van der Waals surface area contributed by atoms with Crippen LogP contribution in [-0.4, -0.2) is 39.7 Å². The van der Waals surface area contributed by atoms with E-state index in [0.29, 0.717) is 12.0 Å². The third-order valence-corrected chi connectivity index (χ3v) is 3.73. The first-order valence-corrected chi connectivity index (χ1v) is 7.04. The molecule has 2 atom stereocenters. The molecular formula is C13H15N3O5S. The first kappa shape index (κ1) is 16.1. The van der Waals surface area contributed by atoms with Gasteiger partial charge in [0.2, 0.25) is 5.91 Å². The summed E-state index contributed by atoms with van der Waals surface area (Å²) in [5.41, 5.74) is 5.82. The molecule has 0 aromatic heterocycles. The quantitative estimate of drug-likeness (QED) is 0.488. The fourth-order valence-electron chi connectivity index (χ4n) is 2.23. The second kappa shape index (κ2) is 6.65. The molecule has 1 aromatic rings. The molecule has 0 unspecified atom stereocenters. The largest absolute Gasteiger partial charge is 0.445 e. The van der Waals surface area contributed by atoms with Crippen LogP contribution in [0.25, 0.3) is 0 Å². The van der Waals surface area contributed by atoms with Crippen LogP contribution in [0.5, 0.6) is 0 Å². The number of carbonyl (C=O) groups is 2. The highest BCUT2D eigenvalue weighted by atomic mass is 32.1. The van der Waals surface area contributed by atoms with E-state index in [4.69, 9.17) is 10.5 Å². The molecule has 8 nitrogen and oxygen atoms in total. The summed E-state index contributed by atoms with van der Waals surface area (Å²) in [5.74, 6) is -0.594. The zero-order chi connectivity index (χ0) is 16.3. The Morgan fingerprint density at radius 3 is 2.59 bits per heavy atom. The highest BCUT2D eigenvalue weighted by Crippen LogP contribution is 2.23. The van der Waals surface area contributed by atoms with E-state index in [1.165, 1.54) is 29.2 Å². The number of thiol groups is 1. The van der Waals surface area contributed by atoms with Gasteiger partial charge in [-0.25, -0.2) is 4.79 Å². The van der Waals surface area contributed by atoms with Crippen LogP contribution in [0.15, 0.2) is 24.3 Å². The lowest BCUT2D eigenvalue weighted by Crippen LogP contribution is -2.43. The highest BCUT2D eigenvalue weighted by Gasteiger charge is 2.38. The zero-order valence-corrected chi connectivity index (χ0v) is 12.4. The minimum atomic E-state index is -0.716. The van der Waals surface area contributed by atoms with E-state index >= 15 is 0 Å². The average Bonchev–Trinajstić information content (AvgIpc) is 2.87. The summed E-state index contributed by atoms with van der Waals surface area (Å²) in [5, 5.41) is 10.4. The number of hydrogen-bond acceptors (Lipinski definition) is 6. The van der Waals surface area contributed by atoms with E-state index in [1.807, 2.05) is 0 Å². The van der Waals surface area contributed by atoms with Crippen molar-refractivity contribution in [2.75, 3.05) is 6.54 Å². The van der Waals surface area contributed by atoms with Gasteiger partial charge in [0, 0.05) is 23.9 Å². The Hall–Kier alpha value is -2.29. The third-order valence-electron chi connectivity index (χ3n) is 3.35. The fourth-order valence-corrected chi connectivity index (χ4v) is 2.60. The number of rotatable bonds is 4. The Labute approximate surface area is 131 Å². The molecule has 0 saturated carbocycles. The van der Waals surface area contributed by atoms with Crippen LogP contribution in [-0.2, 0) is 16.1 Å². The van der Waals surface area contributed by atoms with E-state index in [2.05, 4.69) is 12.6 Å². The SMILES string of the molecule is NC(=O)[C@@H]1C[C@H](S)CN1C(=O)OCc1ccc([N+](=O)[O-])cc1. The van der Waals surface area contributed by atoms with Crippen LogP contribution in [0.2, 0.25) is 0 Å².